The summed E-state index contributed by atoms with van der Waals surface area (Å²) in [5, 5.41) is 4.56. The first-order valence-electron chi connectivity index (χ1n) is 10.4. The van der Waals surface area contributed by atoms with Crippen molar-refractivity contribution in [2.75, 3.05) is 0 Å². The molecule has 4 rings (SSSR count). The number of thiol groups is 1. The molecule has 30 heavy (non-hydrogen) atoms. The third-order valence-electron chi connectivity index (χ3n) is 5.90. The average Bonchev–Trinajstić information content (AvgIpc) is 2.77. The minimum atomic E-state index is -0.367. The lowest BCUT2D eigenvalue weighted by molar-refractivity contribution is 0.0337. The summed E-state index contributed by atoms with van der Waals surface area (Å²) in [7, 11) is 0. The molecule has 2 atom stereocenters. The fourth-order valence-electron chi connectivity index (χ4n) is 3.77. The molecule has 0 spiro atoms. The smallest absolute Gasteiger partial charge is 0.338 e. The molecule has 0 aromatic heterocycles. The van der Waals surface area contributed by atoms with E-state index in [4.69, 9.17) is 17.4 Å². The van der Waals surface area contributed by atoms with Gasteiger partial charge in [0.05, 0.1) is 5.56 Å². The van der Waals surface area contributed by atoms with E-state index in [9.17, 15) is 4.79 Å². The standard InChI is InChI=1S/C27H26O2S/c1-4-17(2)19-9-11-20(12-10-19)27(28)29-18(3)23-14-24-13-21-7-5-6-8-22(21)15-25(24)26(30)16-23/h5-18,30H,4H2,1-3H3. The summed E-state index contributed by atoms with van der Waals surface area (Å²) in [6.07, 6.45) is 0.706. The van der Waals surface area contributed by atoms with E-state index in [1.807, 2.05) is 49.4 Å². The van der Waals surface area contributed by atoms with Crippen molar-refractivity contribution >= 4 is 40.1 Å². The predicted octanol–water partition coefficient (Wildman–Crippen LogP) is 7.71. The van der Waals surface area contributed by atoms with Crippen LogP contribution >= 0.6 is 12.6 Å². The molecular formula is C27H26O2S. The molecule has 0 amide bonds. The maximum absolute atomic E-state index is 12.7. The number of carbonyl (C=O) groups is 1. The topological polar surface area (TPSA) is 26.3 Å². The second-order valence-electron chi connectivity index (χ2n) is 7.94. The van der Waals surface area contributed by atoms with Gasteiger partial charge in [0.2, 0.25) is 0 Å². The van der Waals surface area contributed by atoms with Crippen LogP contribution in [-0.2, 0) is 4.74 Å². The van der Waals surface area contributed by atoms with Gasteiger partial charge in [0, 0.05) is 4.90 Å². The van der Waals surface area contributed by atoms with E-state index in [1.54, 1.807) is 0 Å². The van der Waals surface area contributed by atoms with Gasteiger partial charge in [0.1, 0.15) is 6.10 Å². The van der Waals surface area contributed by atoms with E-state index in [-0.39, 0.29) is 12.1 Å². The number of benzene rings is 4. The Kier molecular flexibility index (Phi) is 5.83. The summed E-state index contributed by atoms with van der Waals surface area (Å²) in [5.41, 5.74) is 2.75. The number of hydrogen-bond donors (Lipinski definition) is 1. The molecule has 0 heterocycles. The Balaban J connectivity index is 1.58. The third kappa shape index (κ3) is 4.08. The van der Waals surface area contributed by atoms with Crippen LogP contribution in [0.15, 0.2) is 77.7 Å². The Hall–Kier alpha value is -2.78. The van der Waals surface area contributed by atoms with E-state index >= 15 is 0 Å². The van der Waals surface area contributed by atoms with E-state index in [0.29, 0.717) is 11.5 Å². The van der Waals surface area contributed by atoms with Crippen LogP contribution in [-0.4, -0.2) is 5.97 Å². The summed E-state index contributed by atoms with van der Waals surface area (Å²) in [6.45, 7) is 6.25. The SMILES string of the molecule is CCC(C)c1ccc(C(=O)OC(C)c2cc(S)c3cc4ccccc4cc3c2)cc1. The molecule has 0 saturated heterocycles. The monoisotopic (exact) mass is 414 g/mol. The quantitative estimate of drug-likeness (QED) is 0.206. The van der Waals surface area contributed by atoms with Gasteiger partial charge in [-0.15, -0.1) is 12.6 Å². The summed E-state index contributed by atoms with van der Waals surface area (Å²) >= 11 is 4.70. The molecule has 4 aromatic rings. The van der Waals surface area contributed by atoms with Crippen LogP contribution in [0.3, 0.4) is 0 Å². The van der Waals surface area contributed by atoms with Gasteiger partial charge in [-0.2, -0.15) is 0 Å². The normalized spacial score (nSPS) is 13.3. The van der Waals surface area contributed by atoms with Gasteiger partial charge >= 0.3 is 5.97 Å². The van der Waals surface area contributed by atoms with Gasteiger partial charge in [-0.3, -0.25) is 0 Å². The van der Waals surface area contributed by atoms with Crippen molar-refractivity contribution in [2.24, 2.45) is 0 Å². The van der Waals surface area contributed by atoms with Crippen LogP contribution in [0.25, 0.3) is 21.5 Å². The first-order valence-corrected chi connectivity index (χ1v) is 10.9. The Morgan fingerprint density at radius 1 is 0.867 bits per heavy atom. The lowest BCUT2D eigenvalue weighted by atomic mass is 9.97. The van der Waals surface area contributed by atoms with Gasteiger partial charge in [0.25, 0.3) is 0 Å². The van der Waals surface area contributed by atoms with Gasteiger partial charge < -0.3 is 4.74 Å². The molecule has 0 saturated carbocycles. The van der Waals surface area contributed by atoms with Gasteiger partial charge in [0.15, 0.2) is 0 Å². The highest BCUT2D eigenvalue weighted by atomic mass is 32.1. The second kappa shape index (κ2) is 8.53. The fraction of sp³-hybridized carbons (Fsp3) is 0.222. The summed E-state index contributed by atoms with van der Waals surface area (Å²) in [5.74, 6) is 0.175. The van der Waals surface area contributed by atoms with Gasteiger partial charge in [-0.05, 0) is 88.3 Å². The minimum Gasteiger partial charge on any atom is -0.454 e. The van der Waals surface area contributed by atoms with Gasteiger partial charge in [-0.25, -0.2) is 4.79 Å². The fourth-order valence-corrected chi connectivity index (χ4v) is 4.11. The molecule has 0 bridgehead atoms. The predicted molar refractivity (Wildman–Crippen MR) is 128 cm³/mol. The molecule has 0 aliphatic rings. The zero-order valence-electron chi connectivity index (χ0n) is 17.6. The minimum absolute atomic E-state index is 0.308. The first-order chi connectivity index (χ1) is 14.5. The molecule has 0 aliphatic heterocycles. The second-order valence-corrected chi connectivity index (χ2v) is 8.42. The summed E-state index contributed by atoms with van der Waals surface area (Å²) in [6, 6.07) is 24.4. The highest BCUT2D eigenvalue weighted by Gasteiger charge is 2.16. The van der Waals surface area contributed by atoms with Crippen molar-refractivity contribution in [3.8, 4) is 0 Å². The molecule has 4 aromatic carbocycles. The highest BCUT2D eigenvalue weighted by molar-refractivity contribution is 7.80. The molecule has 152 valence electrons. The number of carbonyl (C=O) groups excluding carboxylic acids is 1. The number of fused-ring (bicyclic) bond motifs is 2. The number of ether oxygens (including phenoxy) is 1. The highest BCUT2D eigenvalue weighted by Crippen LogP contribution is 2.32. The third-order valence-corrected chi connectivity index (χ3v) is 6.27. The van der Waals surface area contributed by atoms with E-state index in [0.717, 1.165) is 27.7 Å². The molecule has 0 radical (unpaired) electrons. The van der Waals surface area contributed by atoms with Crippen LogP contribution < -0.4 is 0 Å². The van der Waals surface area contributed by atoms with Crippen molar-refractivity contribution in [1.29, 1.82) is 0 Å². The van der Waals surface area contributed by atoms with E-state index < -0.39 is 0 Å². The van der Waals surface area contributed by atoms with Crippen LogP contribution in [0, 0.1) is 0 Å². The van der Waals surface area contributed by atoms with Crippen LogP contribution in [0.1, 0.15) is 60.7 Å². The van der Waals surface area contributed by atoms with Crippen LogP contribution in [0.4, 0.5) is 0 Å². The summed E-state index contributed by atoms with van der Waals surface area (Å²) in [4.78, 5) is 13.5. The van der Waals surface area contributed by atoms with Crippen molar-refractivity contribution in [2.45, 2.75) is 44.1 Å². The molecule has 2 nitrogen and oxygen atoms in total. The van der Waals surface area contributed by atoms with Crippen molar-refractivity contribution in [1.82, 2.24) is 0 Å². The summed E-state index contributed by atoms with van der Waals surface area (Å²) < 4.78 is 5.77. The zero-order valence-corrected chi connectivity index (χ0v) is 18.4. The van der Waals surface area contributed by atoms with Crippen molar-refractivity contribution in [3.63, 3.8) is 0 Å². The van der Waals surface area contributed by atoms with Crippen molar-refractivity contribution < 1.29 is 9.53 Å². The Morgan fingerprint density at radius 3 is 2.20 bits per heavy atom. The van der Waals surface area contributed by atoms with Crippen LogP contribution in [0.2, 0.25) is 0 Å². The molecular weight excluding hydrogens is 388 g/mol. The van der Waals surface area contributed by atoms with Crippen molar-refractivity contribution in [3.05, 3.63) is 89.5 Å². The first kappa shape index (κ1) is 20.5. The average molecular weight is 415 g/mol. The lowest BCUT2D eigenvalue weighted by Gasteiger charge is -2.16. The maximum Gasteiger partial charge on any atom is 0.338 e. The molecule has 0 fully saturated rings. The van der Waals surface area contributed by atoms with E-state index in [2.05, 4.69) is 44.2 Å². The molecule has 0 aliphatic carbocycles. The number of hydrogen-bond acceptors (Lipinski definition) is 3. The Bertz CT molecular complexity index is 1210. The Morgan fingerprint density at radius 2 is 1.53 bits per heavy atom. The largest absolute Gasteiger partial charge is 0.454 e. The number of esters is 1. The van der Waals surface area contributed by atoms with Crippen LogP contribution in [0.5, 0.6) is 0 Å². The number of rotatable bonds is 5. The molecule has 2 unspecified atom stereocenters. The molecule has 0 N–H and O–H groups in total. The van der Waals surface area contributed by atoms with Gasteiger partial charge in [-0.1, -0.05) is 50.2 Å². The lowest BCUT2D eigenvalue weighted by Crippen LogP contribution is -2.09. The molecule has 3 heteroatoms. The Labute approximate surface area is 183 Å². The maximum atomic E-state index is 12.7. The zero-order chi connectivity index (χ0) is 21.3. The van der Waals surface area contributed by atoms with E-state index in [1.165, 1.54) is 16.3 Å².